The van der Waals surface area contributed by atoms with E-state index in [1.165, 1.54) is 23.0 Å². The van der Waals surface area contributed by atoms with Gasteiger partial charge in [-0.25, -0.2) is 9.79 Å². The highest BCUT2D eigenvalue weighted by atomic mass is 32.1. The third-order valence-corrected chi connectivity index (χ3v) is 6.90. The van der Waals surface area contributed by atoms with Crippen LogP contribution in [0.15, 0.2) is 63.5 Å². The zero-order valence-corrected chi connectivity index (χ0v) is 22.1. The zero-order valence-electron chi connectivity index (χ0n) is 21.3. The van der Waals surface area contributed by atoms with Crippen LogP contribution in [-0.4, -0.2) is 52.2 Å². The van der Waals surface area contributed by atoms with Gasteiger partial charge in [-0.2, -0.15) is 0 Å². The fourth-order valence-corrected chi connectivity index (χ4v) is 5.11. The molecule has 0 N–H and O–H groups in total. The van der Waals surface area contributed by atoms with Crippen molar-refractivity contribution >= 4 is 23.4 Å². The predicted molar refractivity (Wildman–Crippen MR) is 139 cm³/mol. The van der Waals surface area contributed by atoms with Gasteiger partial charge in [0.2, 0.25) is 0 Å². The molecule has 9 nitrogen and oxygen atoms in total. The monoisotopic (exact) mass is 524 g/mol. The summed E-state index contributed by atoms with van der Waals surface area (Å²) in [5, 5.41) is 0. The quantitative estimate of drug-likeness (QED) is 0.313. The van der Waals surface area contributed by atoms with Gasteiger partial charge in [0.15, 0.2) is 4.80 Å². The predicted octanol–water partition coefficient (Wildman–Crippen LogP) is 2.45. The molecule has 0 fully saturated rings. The van der Waals surface area contributed by atoms with Crippen LogP contribution >= 0.6 is 11.3 Å². The third-order valence-electron chi connectivity index (χ3n) is 5.92. The van der Waals surface area contributed by atoms with Gasteiger partial charge in [-0.15, -0.1) is 0 Å². The van der Waals surface area contributed by atoms with Gasteiger partial charge in [0, 0.05) is 12.7 Å². The van der Waals surface area contributed by atoms with Gasteiger partial charge in [0.1, 0.15) is 23.9 Å². The molecule has 194 valence electrons. The Morgan fingerprint density at radius 3 is 2.35 bits per heavy atom. The number of ether oxygens (including phenoxy) is 5. The number of allylic oxidation sites excluding steroid dienone is 1. The first-order valence-corrected chi connectivity index (χ1v) is 12.3. The van der Waals surface area contributed by atoms with Gasteiger partial charge < -0.3 is 23.7 Å². The highest BCUT2D eigenvalue weighted by molar-refractivity contribution is 7.07. The van der Waals surface area contributed by atoms with Crippen LogP contribution in [0.2, 0.25) is 0 Å². The van der Waals surface area contributed by atoms with E-state index in [0.717, 1.165) is 5.56 Å². The van der Waals surface area contributed by atoms with Crippen molar-refractivity contribution in [3.8, 4) is 17.2 Å². The first kappa shape index (κ1) is 26.2. The Morgan fingerprint density at radius 2 is 1.70 bits per heavy atom. The second-order valence-corrected chi connectivity index (χ2v) is 9.10. The van der Waals surface area contributed by atoms with E-state index in [9.17, 15) is 9.59 Å². The zero-order chi connectivity index (χ0) is 26.5. The van der Waals surface area contributed by atoms with Gasteiger partial charge in [-0.3, -0.25) is 9.36 Å². The van der Waals surface area contributed by atoms with Crippen molar-refractivity contribution in [3.05, 3.63) is 84.5 Å². The van der Waals surface area contributed by atoms with E-state index < -0.39 is 12.0 Å². The average molecular weight is 525 g/mol. The number of thiazole rings is 1. The number of carbonyl (C=O) groups is 1. The summed E-state index contributed by atoms with van der Waals surface area (Å²) in [4.78, 5) is 32.1. The van der Waals surface area contributed by atoms with Crippen molar-refractivity contribution < 1.29 is 28.5 Å². The summed E-state index contributed by atoms with van der Waals surface area (Å²) in [6, 6.07) is 11.9. The molecule has 0 amide bonds. The molecule has 1 aliphatic heterocycles. The van der Waals surface area contributed by atoms with Crippen LogP contribution in [0, 0.1) is 0 Å². The molecular weight excluding hydrogens is 496 g/mol. The topological polar surface area (TPSA) is 97.6 Å². The molecule has 0 spiro atoms. The molecule has 0 radical (unpaired) electrons. The van der Waals surface area contributed by atoms with Gasteiger partial charge in [0.05, 0.1) is 49.8 Å². The smallest absolute Gasteiger partial charge is 0.338 e. The van der Waals surface area contributed by atoms with Crippen LogP contribution in [-0.2, 0) is 14.3 Å². The van der Waals surface area contributed by atoms with Crippen LogP contribution in [0.25, 0.3) is 6.08 Å². The minimum atomic E-state index is -0.730. The summed E-state index contributed by atoms with van der Waals surface area (Å²) < 4.78 is 28.5. The fourth-order valence-electron chi connectivity index (χ4n) is 4.07. The summed E-state index contributed by atoms with van der Waals surface area (Å²) in [5.41, 5.74) is 1.89. The summed E-state index contributed by atoms with van der Waals surface area (Å²) in [7, 11) is 6.24. The molecule has 37 heavy (non-hydrogen) atoms. The summed E-state index contributed by atoms with van der Waals surface area (Å²) in [6.45, 7) is 2.08. The molecule has 1 aliphatic rings. The van der Waals surface area contributed by atoms with Crippen LogP contribution in [0.4, 0.5) is 0 Å². The Morgan fingerprint density at radius 1 is 1.00 bits per heavy atom. The summed E-state index contributed by atoms with van der Waals surface area (Å²) >= 11 is 1.24. The Bertz CT molecular complexity index is 1500. The lowest BCUT2D eigenvalue weighted by Gasteiger charge is -2.25. The van der Waals surface area contributed by atoms with E-state index in [1.807, 2.05) is 12.1 Å². The van der Waals surface area contributed by atoms with Crippen molar-refractivity contribution in [2.24, 2.45) is 4.99 Å². The van der Waals surface area contributed by atoms with Gasteiger partial charge in [-0.1, -0.05) is 23.5 Å². The summed E-state index contributed by atoms with van der Waals surface area (Å²) in [6.07, 6.45) is 1.74. The number of carbonyl (C=O) groups excluding carboxylic acids is 1. The molecule has 0 saturated carbocycles. The number of hydrogen-bond donors (Lipinski definition) is 0. The Labute approximate surface area is 217 Å². The van der Waals surface area contributed by atoms with E-state index in [0.29, 0.717) is 43.4 Å². The second-order valence-electron chi connectivity index (χ2n) is 8.09. The van der Waals surface area contributed by atoms with E-state index in [4.69, 9.17) is 23.7 Å². The third kappa shape index (κ3) is 5.30. The van der Waals surface area contributed by atoms with Gasteiger partial charge in [-0.05, 0) is 48.9 Å². The maximum absolute atomic E-state index is 13.8. The first-order valence-electron chi connectivity index (χ1n) is 11.5. The normalized spacial score (nSPS) is 15.2. The Balaban J connectivity index is 1.90. The lowest BCUT2D eigenvalue weighted by atomic mass is 9.96. The van der Waals surface area contributed by atoms with Crippen molar-refractivity contribution in [2.75, 3.05) is 41.7 Å². The minimum absolute atomic E-state index is 0.0848. The number of hydrogen-bond acceptors (Lipinski definition) is 9. The van der Waals surface area contributed by atoms with Crippen LogP contribution < -0.4 is 29.1 Å². The number of esters is 1. The number of benzene rings is 2. The molecule has 0 saturated heterocycles. The number of fused-ring (bicyclic) bond motifs is 1. The van der Waals surface area contributed by atoms with E-state index in [2.05, 4.69) is 4.99 Å². The SMILES string of the molecule is COCCOC(=O)C1=C(C)N=c2s/c(=C\c3cc(OC)ccc3OC)c(=O)n2C1c1ccc(OC)cc1. The molecule has 3 aromatic rings. The number of rotatable bonds is 9. The molecule has 2 heterocycles. The Kier molecular flexibility index (Phi) is 8.10. The maximum atomic E-state index is 13.8. The maximum Gasteiger partial charge on any atom is 0.338 e. The van der Waals surface area contributed by atoms with E-state index in [1.54, 1.807) is 64.7 Å². The number of methoxy groups -OCH3 is 4. The van der Waals surface area contributed by atoms with Gasteiger partial charge >= 0.3 is 5.97 Å². The van der Waals surface area contributed by atoms with Crippen molar-refractivity contribution in [1.29, 1.82) is 0 Å². The number of aromatic nitrogens is 1. The van der Waals surface area contributed by atoms with Crippen LogP contribution in [0.1, 0.15) is 24.1 Å². The molecule has 1 unspecified atom stereocenters. The van der Waals surface area contributed by atoms with E-state index >= 15 is 0 Å². The molecule has 1 aromatic heterocycles. The molecule has 4 rings (SSSR count). The van der Waals surface area contributed by atoms with Crippen molar-refractivity contribution in [1.82, 2.24) is 4.57 Å². The fraction of sp³-hybridized carbons (Fsp3) is 0.296. The minimum Gasteiger partial charge on any atom is -0.497 e. The standard InChI is InChI=1S/C27H28N2O7S/c1-16-23(26(31)36-13-12-32-2)24(17-6-8-19(33-3)9-7-17)29-25(30)22(37-27(29)28-16)15-18-14-20(34-4)10-11-21(18)35-5/h6-11,14-15,24H,12-13H2,1-5H3/b22-15-. The van der Waals surface area contributed by atoms with Crippen molar-refractivity contribution in [2.45, 2.75) is 13.0 Å². The van der Waals surface area contributed by atoms with Gasteiger partial charge in [0.25, 0.3) is 5.56 Å². The highest BCUT2D eigenvalue weighted by Gasteiger charge is 2.33. The van der Waals surface area contributed by atoms with Crippen LogP contribution in [0.3, 0.4) is 0 Å². The van der Waals surface area contributed by atoms with Crippen molar-refractivity contribution in [3.63, 3.8) is 0 Å². The first-order chi connectivity index (χ1) is 17.9. The highest BCUT2D eigenvalue weighted by Crippen LogP contribution is 2.32. The molecule has 0 aliphatic carbocycles. The molecule has 10 heteroatoms. The molecule has 0 bridgehead atoms. The largest absolute Gasteiger partial charge is 0.497 e. The molecular formula is C27H28N2O7S. The summed E-state index contributed by atoms with van der Waals surface area (Å²) in [5.74, 6) is 1.33. The van der Waals surface area contributed by atoms with E-state index in [-0.39, 0.29) is 18.8 Å². The Hall–Kier alpha value is -3.89. The average Bonchev–Trinajstić information content (AvgIpc) is 3.21. The molecule has 1 atom stereocenters. The number of nitrogens with zero attached hydrogens (tertiary/aromatic N) is 2. The van der Waals surface area contributed by atoms with Crippen LogP contribution in [0.5, 0.6) is 17.2 Å². The lowest BCUT2D eigenvalue weighted by molar-refractivity contribution is -0.140. The molecule has 2 aromatic carbocycles. The second kappa shape index (κ2) is 11.4. The lowest BCUT2D eigenvalue weighted by Crippen LogP contribution is -2.40.